The van der Waals surface area contributed by atoms with Gasteiger partial charge in [-0.1, -0.05) is 0 Å². The molecule has 2 heterocycles. The summed E-state index contributed by atoms with van der Waals surface area (Å²) >= 11 is 0. The summed E-state index contributed by atoms with van der Waals surface area (Å²) in [6.45, 7) is 6.47. The summed E-state index contributed by atoms with van der Waals surface area (Å²) in [7, 11) is -4.10. The van der Waals surface area contributed by atoms with Crippen molar-refractivity contribution in [2.75, 3.05) is 23.3 Å². The number of benzene rings is 1. The minimum Gasteiger partial charge on any atom is -0.388 e. The monoisotopic (exact) mass is 505 g/mol. The molecule has 0 saturated carbocycles. The van der Waals surface area contributed by atoms with Crippen molar-refractivity contribution in [3.63, 3.8) is 0 Å². The van der Waals surface area contributed by atoms with Gasteiger partial charge in [-0.25, -0.2) is 22.5 Å². The number of halogens is 4. The second-order valence-electron chi connectivity index (χ2n) is 8.95. The zero-order chi connectivity index (χ0) is 25.5. The highest BCUT2D eigenvalue weighted by atomic mass is 32.2. The molecular formula is C21H27F4N5O3S. The average molecular weight is 506 g/mol. The smallest absolute Gasteiger partial charge is 0.388 e. The Morgan fingerprint density at radius 3 is 2.53 bits per heavy atom. The van der Waals surface area contributed by atoms with Crippen molar-refractivity contribution in [1.29, 1.82) is 0 Å². The van der Waals surface area contributed by atoms with Gasteiger partial charge in [0.2, 0.25) is 16.0 Å². The van der Waals surface area contributed by atoms with E-state index in [0.717, 1.165) is 12.1 Å². The summed E-state index contributed by atoms with van der Waals surface area (Å²) in [5, 5.41) is 13.0. The first-order chi connectivity index (χ1) is 15.6. The second-order valence-corrected chi connectivity index (χ2v) is 10.6. The third-order valence-corrected chi connectivity index (χ3v) is 6.93. The van der Waals surface area contributed by atoms with E-state index in [1.165, 1.54) is 11.8 Å². The molecule has 1 fully saturated rings. The van der Waals surface area contributed by atoms with Crippen LogP contribution in [0.4, 0.5) is 35.0 Å². The largest absolute Gasteiger partial charge is 0.421 e. The maximum atomic E-state index is 14.7. The number of hydrogen-bond donors (Lipinski definition) is 3. The zero-order valence-corrected chi connectivity index (χ0v) is 20.0. The van der Waals surface area contributed by atoms with E-state index in [1.54, 1.807) is 20.8 Å². The van der Waals surface area contributed by atoms with Gasteiger partial charge in [0.1, 0.15) is 22.1 Å². The van der Waals surface area contributed by atoms with Crippen molar-refractivity contribution in [2.24, 2.45) is 0 Å². The van der Waals surface area contributed by atoms with E-state index in [0.29, 0.717) is 24.6 Å². The summed E-state index contributed by atoms with van der Waals surface area (Å²) in [4.78, 5) is 8.55. The van der Waals surface area contributed by atoms with E-state index in [-0.39, 0.29) is 24.7 Å². The van der Waals surface area contributed by atoms with Gasteiger partial charge in [0.25, 0.3) is 0 Å². The van der Waals surface area contributed by atoms with Crippen LogP contribution in [0.25, 0.3) is 0 Å². The van der Waals surface area contributed by atoms with Crippen LogP contribution in [0.5, 0.6) is 0 Å². The molecule has 0 spiro atoms. The Morgan fingerprint density at radius 2 is 1.94 bits per heavy atom. The summed E-state index contributed by atoms with van der Waals surface area (Å²) in [6, 6.07) is 1.60. The molecule has 1 aromatic heterocycles. The second kappa shape index (κ2) is 9.27. The van der Waals surface area contributed by atoms with Crippen molar-refractivity contribution in [3.05, 3.63) is 35.3 Å². The van der Waals surface area contributed by atoms with Gasteiger partial charge in [0.15, 0.2) is 0 Å². The molecule has 0 aliphatic carbocycles. The molecule has 0 bridgehead atoms. The number of aliphatic hydroxyl groups is 1. The molecule has 1 saturated heterocycles. The van der Waals surface area contributed by atoms with Crippen LogP contribution in [0.1, 0.15) is 44.7 Å². The Kier molecular flexibility index (Phi) is 7.11. The highest BCUT2D eigenvalue weighted by Gasteiger charge is 2.39. The first-order valence-electron chi connectivity index (χ1n) is 10.6. The Balaban J connectivity index is 1.98. The quantitative estimate of drug-likeness (QED) is 0.514. The van der Waals surface area contributed by atoms with Gasteiger partial charge < -0.3 is 15.3 Å². The highest BCUT2D eigenvalue weighted by molar-refractivity contribution is 7.89. The first kappa shape index (κ1) is 26.1. The summed E-state index contributed by atoms with van der Waals surface area (Å²) < 4.78 is 82.5. The fraction of sp³-hybridized carbons (Fsp3) is 0.524. The molecular weight excluding hydrogens is 478 g/mol. The molecule has 3 rings (SSSR count). The number of sulfonamides is 1. The standard InChI is InChI=1S/C21H27F4N5O3S/c1-12(2)29-34(32,33)17-8-13(3)16(9-15(17)22)27-19-26-10-14(21(23,24)25)18(28-19)30-7-5-6-20(4,31)11-30/h8-10,12,29,31H,5-7,11H2,1-4H3,(H,26,27,28)/t20-/m0/s1. The number of hydrogen-bond acceptors (Lipinski definition) is 7. The lowest BCUT2D eigenvalue weighted by atomic mass is 9.95. The van der Waals surface area contributed by atoms with Crippen LogP contribution in [0.15, 0.2) is 23.2 Å². The van der Waals surface area contributed by atoms with Crippen molar-refractivity contribution < 1.29 is 31.1 Å². The predicted octanol–water partition coefficient (Wildman–Crippen LogP) is 3.72. The summed E-state index contributed by atoms with van der Waals surface area (Å²) in [5.41, 5.74) is -1.82. The van der Waals surface area contributed by atoms with E-state index >= 15 is 0 Å². The van der Waals surface area contributed by atoms with Crippen LogP contribution in [-0.4, -0.2) is 48.2 Å². The van der Waals surface area contributed by atoms with Crippen LogP contribution >= 0.6 is 0 Å². The average Bonchev–Trinajstić information content (AvgIpc) is 2.67. The van der Waals surface area contributed by atoms with Crippen LogP contribution in [-0.2, 0) is 16.2 Å². The molecule has 1 atom stereocenters. The Bertz CT molecular complexity index is 1170. The van der Waals surface area contributed by atoms with Gasteiger partial charge in [-0.2, -0.15) is 18.2 Å². The molecule has 3 N–H and O–H groups in total. The van der Waals surface area contributed by atoms with Gasteiger partial charge in [0.05, 0.1) is 5.60 Å². The van der Waals surface area contributed by atoms with E-state index in [9.17, 15) is 31.1 Å². The minimum atomic E-state index is -4.72. The molecule has 13 heteroatoms. The lowest BCUT2D eigenvalue weighted by Gasteiger charge is -2.38. The van der Waals surface area contributed by atoms with Gasteiger partial charge in [-0.3, -0.25) is 0 Å². The number of anilines is 3. The van der Waals surface area contributed by atoms with Gasteiger partial charge >= 0.3 is 6.18 Å². The van der Waals surface area contributed by atoms with Gasteiger partial charge in [0, 0.05) is 31.0 Å². The number of piperidine rings is 1. The lowest BCUT2D eigenvalue weighted by molar-refractivity contribution is -0.137. The van der Waals surface area contributed by atoms with Crippen LogP contribution in [0.3, 0.4) is 0 Å². The van der Waals surface area contributed by atoms with Gasteiger partial charge in [-0.05, 0) is 58.2 Å². The summed E-state index contributed by atoms with van der Waals surface area (Å²) in [5.74, 6) is -1.67. The number of rotatable bonds is 6. The van der Waals surface area contributed by atoms with E-state index < -0.39 is 49.9 Å². The minimum absolute atomic E-state index is 0.0460. The molecule has 8 nitrogen and oxygen atoms in total. The van der Waals surface area contributed by atoms with Crippen molar-refractivity contribution in [2.45, 2.75) is 63.3 Å². The number of aryl methyl sites for hydroxylation is 1. The molecule has 188 valence electrons. The molecule has 0 radical (unpaired) electrons. The van der Waals surface area contributed by atoms with Crippen molar-refractivity contribution >= 4 is 27.5 Å². The zero-order valence-electron chi connectivity index (χ0n) is 19.2. The molecule has 1 aliphatic rings. The van der Waals surface area contributed by atoms with Crippen molar-refractivity contribution in [1.82, 2.24) is 14.7 Å². The van der Waals surface area contributed by atoms with E-state index in [4.69, 9.17) is 0 Å². The maximum Gasteiger partial charge on any atom is 0.421 e. The Morgan fingerprint density at radius 1 is 1.26 bits per heavy atom. The van der Waals surface area contributed by atoms with E-state index in [2.05, 4.69) is 20.0 Å². The SMILES string of the molecule is Cc1cc(S(=O)(=O)NC(C)C)c(F)cc1Nc1ncc(C(F)(F)F)c(N2CCC[C@](C)(O)C2)n1. The maximum absolute atomic E-state index is 14.7. The van der Waals surface area contributed by atoms with Gasteiger partial charge in [-0.15, -0.1) is 0 Å². The lowest BCUT2D eigenvalue weighted by Crippen LogP contribution is -2.47. The fourth-order valence-corrected chi connectivity index (χ4v) is 5.16. The third kappa shape index (κ3) is 5.94. The molecule has 0 amide bonds. The molecule has 1 aliphatic heterocycles. The van der Waals surface area contributed by atoms with Crippen LogP contribution in [0.2, 0.25) is 0 Å². The Hall–Kier alpha value is -2.51. The van der Waals surface area contributed by atoms with Crippen LogP contribution in [0, 0.1) is 12.7 Å². The molecule has 2 aromatic rings. The predicted molar refractivity (Wildman–Crippen MR) is 119 cm³/mol. The number of aromatic nitrogens is 2. The number of β-amino-alcohol motifs (C(OH)–C–C–N with tert-alkyl or cyclic N) is 1. The third-order valence-electron chi connectivity index (χ3n) is 5.25. The topological polar surface area (TPSA) is 107 Å². The Labute approximate surface area is 195 Å². The molecule has 0 unspecified atom stereocenters. The number of nitrogens with zero attached hydrogens (tertiary/aromatic N) is 3. The van der Waals surface area contributed by atoms with Crippen molar-refractivity contribution in [3.8, 4) is 0 Å². The van der Waals surface area contributed by atoms with Crippen LogP contribution < -0.4 is 14.9 Å². The number of alkyl halides is 3. The molecule has 1 aromatic carbocycles. The number of nitrogens with one attached hydrogen (secondary N) is 2. The normalized spacial score (nSPS) is 19.5. The molecule has 34 heavy (non-hydrogen) atoms. The first-order valence-corrected chi connectivity index (χ1v) is 12.1. The summed E-state index contributed by atoms with van der Waals surface area (Å²) in [6.07, 6.45) is -3.17. The highest BCUT2D eigenvalue weighted by Crippen LogP contribution is 2.38. The van der Waals surface area contributed by atoms with E-state index in [1.807, 2.05) is 0 Å². The fourth-order valence-electron chi connectivity index (χ4n) is 3.76.